The standard InChI is InChI=1S/C20H21NO3/c1-22-17-10-7-15-6-9-16(21-18(15)13-17)8-4-14-5-11-19(23-2)20(12-14)24-3/h5-7,9-13H,4,8H2,1-3H3. The lowest BCUT2D eigenvalue weighted by Crippen LogP contribution is -1.97. The minimum Gasteiger partial charge on any atom is -0.497 e. The molecule has 124 valence electrons. The number of aryl methyl sites for hydroxylation is 2. The van der Waals surface area contributed by atoms with Gasteiger partial charge in [-0.15, -0.1) is 0 Å². The number of nitrogens with zero attached hydrogens (tertiary/aromatic N) is 1. The summed E-state index contributed by atoms with van der Waals surface area (Å²) in [5.74, 6) is 2.33. The maximum absolute atomic E-state index is 5.36. The van der Waals surface area contributed by atoms with Gasteiger partial charge in [-0.05, 0) is 48.7 Å². The van der Waals surface area contributed by atoms with Crippen LogP contribution < -0.4 is 14.2 Å². The number of hydrogen-bond acceptors (Lipinski definition) is 4. The van der Waals surface area contributed by atoms with Gasteiger partial charge in [0.25, 0.3) is 0 Å². The molecule has 1 aromatic heterocycles. The van der Waals surface area contributed by atoms with Gasteiger partial charge >= 0.3 is 0 Å². The molecule has 0 spiro atoms. The molecular weight excluding hydrogens is 302 g/mol. The Morgan fingerprint density at radius 3 is 2.29 bits per heavy atom. The number of fused-ring (bicyclic) bond motifs is 1. The van der Waals surface area contributed by atoms with E-state index in [1.54, 1.807) is 21.3 Å². The summed E-state index contributed by atoms with van der Waals surface area (Å²) in [5, 5.41) is 1.12. The topological polar surface area (TPSA) is 40.6 Å². The van der Waals surface area contributed by atoms with Crippen molar-refractivity contribution in [3.05, 3.63) is 59.8 Å². The molecule has 0 fully saturated rings. The minimum atomic E-state index is 0.747. The Kier molecular flexibility index (Phi) is 4.85. The molecule has 0 unspecified atom stereocenters. The SMILES string of the molecule is COc1ccc2ccc(CCc3ccc(OC)c(OC)c3)nc2c1. The van der Waals surface area contributed by atoms with Crippen molar-refractivity contribution < 1.29 is 14.2 Å². The van der Waals surface area contributed by atoms with E-state index in [1.165, 1.54) is 5.56 Å². The number of benzene rings is 2. The van der Waals surface area contributed by atoms with E-state index in [-0.39, 0.29) is 0 Å². The van der Waals surface area contributed by atoms with Gasteiger partial charge in [-0.25, -0.2) is 0 Å². The first kappa shape index (κ1) is 16.1. The molecule has 0 aliphatic rings. The predicted octanol–water partition coefficient (Wildman–Crippen LogP) is 4.05. The lowest BCUT2D eigenvalue weighted by Gasteiger charge is -2.10. The van der Waals surface area contributed by atoms with Crippen LogP contribution in [0.3, 0.4) is 0 Å². The van der Waals surface area contributed by atoms with Crippen LogP contribution in [0.25, 0.3) is 10.9 Å². The van der Waals surface area contributed by atoms with Crippen LogP contribution in [0.1, 0.15) is 11.3 Å². The third-order valence-corrected chi connectivity index (χ3v) is 4.07. The summed E-state index contributed by atoms with van der Waals surface area (Å²) in [4.78, 5) is 4.74. The van der Waals surface area contributed by atoms with Gasteiger partial charge in [0, 0.05) is 17.1 Å². The third kappa shape index (κ3) is 3.43. The van der Waals surface area contributed by atoms with Gasteiger partial charge in [0.1, 0.15) is 5.75 Å². The van der Waals surface area contributed by atoms with Crippen LogP contribution in [0, 0.1) is 0 Å². The highest BCUT2D eigenvalue weighted by Crippen LogP contribution is 2.28. The lowest BCUT2D eigenvalue weighted by atomic mass is 10.1. The van der Waals surface area contributed by atoms with Crippen molar-refractivity contribution in [1.82, 2.24) is 4.98 Å². The van der Waals surface area contributed by atoms with Gasteiger partial charge in [-0.2, -0.15) is 0 Å². The van der Waals surface area contributed by atoms with E-state index in [0.29, 0.717) is 0 Å². The van der Waals surface area contributed by atoms with Gasteiger partial charge in [0.2, 0.25) is 0 Å². The van der Waals surface area contributed by atoms with Crippen molar-refractivity contribution in [3.63, 3.8) is 0 Å². The normalized spacial score (nSPS) is 10.6. The fourth-order valence-corrected chi connectivity index (χ4v) is 2.71. The molecule has 4 nitrogen and oxygen atoms in total. The largest absolute Gasteiger partial charge is 0.497 e. The van der Waals surface area contributed by atoms with Gasteiger partial charge < -0.3 is 14.2 Å². The minimum absolute atomic E-state index is 0.747. The summed E-state index contributed by atoms with van der Waals surface area (Å²) >= 11 is 0. The molecule has 0 radical (unpaired) electrons. The lowest BCUT2D eigenvalue weighted by molar-refractivity contribution is 0.354. The third-order valence-electron chi connectivity index (χ3n) is 4.07. The van der Waals surface area contributed by atoms with Crippen LogP contribution in [0.5, 0.6) is 17.2 Å². The van der Waals surface area contributed by atoms with Crippen molar-refractivity contribution in [2.24, 2.45) is 0 Å². The van der Waals surface area contributed by atoms with E-state index in [2.05, 4.69) is 18.2 Å². The fourth-order valence-electron chi connectivity index (χ4n) is 2.71. The van der Waals surface area contributed by atoms with Gasteiger partial charge in [-0.1, -0.05) is 12.1 Å². The molecule has 0 aliphatic carbocycles. The van der Waals surface area contributed by atoms with E-state index < -0.39 is 0 Å². The molecule has 0 aliphatic heterocycles. The highest BCUT2D eigenvalue weighted by Gasteiger charge is 2.06. The van der Waals surface area contributed by atoms with E-state index in [4.69, 9.17) is 19.2 Å². The zero-order valence-electron chi connectivity index (χ0n) is 14.2. The van der Waals surface area contributed by atoms with Crippen LogP contribution in [0.15, 0.2) is 48.5 Å². The maximum Gasteiger partial charge on any atom is 0.160 e. The Morgan fingerprint density at radius 1 is 0.750 bits per heavy atom. The number of pyridine rings is 1. The second-order valence-electron chi connectivity index (χ2n) is 5.55. The molecule has 0 bridgehead atoms. The number of methoxy groups -OCH3 is 3. The number of rotatable bonds is 6. The molecule has 24 heavy (non-hydrogen) atoms. The Bertz CT molecular complexity index is 845. The summed E-state index contributed by atoms with van der Waals surface area (Å²) in [5.41, 5.74) is 3.21. The molecule has 0 saturated heterocycles. The van der Waals surface area contributed by atoms with Crippen molar-refractivity contribution in [2.45, 2.75) is 12.8 Å². The van der Waals surface area contributed by atoms with E-state index >= 15 is 0 Å². The van der Waals surface area contributed by atoms with E-state index in [9.17, 15) is 0 Å². The zero-order chi connectivity index (χ0) is 16.9. The highest BCUT2D eigenvalue weighted by atomic mass is 16.5. The number of hydrogen-bond donors (Lipinski definition) is 0. The van der Waals surface area contributed by atoms with Crippen LogP contribution in [0.4, 0.5) is 0 Å². The van der Waals surface area contributed by atoms with Crippen molar-refractivity contribution >= 4 is 10.9 Å². The predicted molar refractivity (Wildman–Crippen MR) is 95.2 cm³/mol. The Balaban J connectivity index is 1.77. The molecule has 0 N–H and O–H groups in total. The molecule has 1 heterocycles. The number of ether oxygens (including phenoxy) is 3. The molecule has 0 atom stereocenters. The molecule has 4 heteroatoms. The first-order chi connectivity index (χ1) is 11.7. The second-order valence-corrected chi connectivity index (χ2v) is 5.55. The fraction of sp³-hybridized carbons (Fsp3) is 0.250. The van der Waals surface area contributed by atoms with Crippen LogP contribution >= 0.6 is 0 Å². The first-order valence-electron chi connectivity index (χ1n) is 7.88. The second kappa shape index (κ2) is 7.21. The van der Waals surface area contributed by atoms with Crippen LogP contribution in [-0.4, -0.2) is 26.3 Å². The summed E-state index contributed by atoms with van der Waals surface area (Å²) in [6.07, 6.45) is 1.76. The molecular formula is C20H21NO3. The smallest absolute Gasteiger partial charge is 0.160 e. The molecule has 2 aromatic carbocycles. The van der Waals surface area contributed by atoms with Gasteiger partial charge in [-0.3, -0.25) is 4.98 Å². The molecule has 0 amide bonds. The summed E-state index contributed by atoms with van der Waals surface area (Å²) in [7, 11) is 4.97. The average Bonchev–Trinajstić information content (AvgIpc) is 2.65. The Labute approximate surface area is 142 Å². The highest BCUT2D eigenvalue weighted by molar-refractivity contribution is 5.80. The van der Waals surface area contributed by atoms with Crippen molar-refractivity contribution in [1.29, 1.82) is 0 Å². The van der Waals surface area contributed by atoms with E-state index in [0.717, 1.165) is 46.7 Å². The van der Waals surface area contributed by atoms with Crippen LogP contribution in [0.2, 0.25) is 0 Å². The Morgan fingerprint density at radius 2 is 1.54 bits per heavy atom. The van der Waals surface area contributed by atoms with Gasteiger partial charge in [0.15, 0.2) is 11.5 Å². The van der Waals surface area contributed by atoms with Crippen molar-refractivity contribution in [2.75, 3.05) is 21.3 Å². The zero-order valence-corrected chi connectivity index (χ0v) is 14.2. The molecule has 3 aromatic rings. The molecule has 0 saturated carbocycles. The summed E-state index contributed by atoms with van der Waals surface area (Å²) in [6.45, 7) is 0. The first-order valence-corrected chi connectivity index (χ1v) is 7.88. The van der Waals surface area contributed by atoms with Gasteiger partial charge in [0.05, 0.1) is 26.8 Å². The monoisotopic (exact) mass is 323 g/mol. The van der Waals surface area contributed by atoms with Crippen LogP contribution in [-0.2, 0) is 12.8 Å². The summed E-state index contributed by atoms with van der Waals surface area (Å²) < 4.78 is 15.9. The summed E-state index contributed by atoms with van der Waals surface area (Å²) in [6, 6.07) is 16.1. The quantitative estimate of drug-likeness (QED) is 0.686. The average molecular weight is 323 g/mol. The number of aromatic nitrogens is 1. The van der Waals surface area contributed by atoms with Crippen molar-refractivity contribution in [3.8, 4) is 17.2 Å². The van der Waals surface area contributed by atoms with E-state index in [1.807, 2.05) is 30.3 Å². The Hall–Kier alpha value is -2.75. The maximum atomic E-state index is 5.36. The molecule has 3 rings (SSSR count).